The van der Waals surface area contributed by atoms with Crippen molar-refractivity contribution in [2.75, 3.05) is 5.73 Å². The van der Waals surface area contributed by atoms with Gasteiger partial charge in [0.15, 0.2) is 0 Å². The van der Waals surface area contributed by atoms with E-state index in [1.807, 2.05) is 18.4 Å². The van der Waals surface area contributed by atoms with Crippen LogP contribution in [0, 0.1) is 6.92 Å². The van der Waals surface area contributed by atoms with E-state index in [0.717, 1.165) is 22.6 Å². The van der Waals surface area contributed by atoms with Crippen LogP contribution in [0.5, 0.6) is 0 Å². The Morgan fingerprint density at radius 2 is 1.96 bits per heavy atom. The molecular formula is C17H14F3N3O2S. The van der Waals surface area contributed by atoms with Gasteiger partial charge in [0, 0.05) is 6.54 Å². The van der Waals surface area contributed by atoms with Crippen molar-refractivity contribution in [1.82, 2.24) is 10.5 Å². The number of carbonyl (C=O) groups is 1. The zero-order chi connectivity index (χ0) is 18.9. The van der Waals surface area contributed by atoms with Crippen molar-refractivity contribution >= 4 is 23.1 Å². The second-order valence-corrected chi connectivity index (χ2v) is 6.50. The maximum atomic E-state index is 12.6. The quantitative estimate of drug-likeness (QED) is 0.708. The number of nitrogens with two attached hydrogens (primary N) is 1. The standard InChI is InChI=1S/C17H14F3N3O2S/c1-9-6-7-26-14(9)13-12(15(21)25-23-13)16(24)22-8-10-2-4-11(5-3-10)17(18,19)20/h2-7H,8,21H2,1H3,(H,22,24). The number of nitrogens with zero attached hydrogens (tertiary/aromatic N) is 1. The number of thiophene rings is 1. The number of anilines is 1. The number of hydrogen-bond acceptors (Lipinski definition) is 5. The van der Waals surface area contributed by atoms with Crippen molar-refractivity contribution in [2.45, 2.75) is 19.6 Å². The van der Waals surface area contributed by atoms with Gasteiger partial charge in [0.2, 0.25) is 5.88 Å². The monoisotopic (exact) mass is 381 g/mol. The van der Waals surface area contributed by atoms with Crippen LogP contribution in [0.3, 0.4) is 0 Å². The Hall–Kier alpha value is -2.81. The minimum absolute atomic E-state index is 0.0461. The van der Waals surface area contributed by atoms with Gasteiger partial charge in [-0.05, 0) is 41.6 Å². The third-order valence-electron chi connectivity index (χ3n) is 3.76. The minimum Gasteiger partial charge on any atom is -0.367 e. The Kier molecular flexibility index (Phi) is 4.73. The molecule has 3 N–H and O–H groups in total. The molecule has 0 radical (unpaired) electrons. The number of halogens is 3. The third kappa shape index (κ3) is 3.57. The molecule has 136 valence electrons. The van der Waals surface area contributed by atoms with E-state index < -0.39 is 17.6 Å². The summed E-state index contributed by atoms with van der Waals surface area (Å²) >= 11 is 1.40. The molecular weight excluding hydrogens is 367 g/mol. The first-order chi connectivity index (χ1) is 12.3. The predicted molar refractivity (Wildman–Crippen MR) is 91.6 cm³/mol. The number of alkyl halides is 3. The Bertz CT molecular complexity index is 930. The maximum absolute atomic E-state index is 12.6. The maximum Gasteiger partial charge on any atom is 0.416 e. The summed E-state index contributed by atoms with van der Waals surface area (Å²) in [5.74, 6) is -0.621. The van der Waals surface area contributed by atoms with Gasteiger partial charge in [0.05, 0.1) is 10.4 Å². The molecule has 0 aliphatic heterocycles. The summed E-state index contributed by atoms with van der Waals surface area (Å²) in [6.45, 7) is 1.92. The molecule has 1 aromatic carbocycles. The number of nitrogens with one attached hydrogen (secondary N) is 1. The molecule has 0 saturated carbocycles. The number of nitrogen functional groups attached to an aromatic ring is 1. The number of rotatable bonds is 4. The van der Waals surface area contributed by atoms with Gasteiger partial charge in [-0.3, -0.25) is 4.79 Å². The molecule has 0 spiro atoms. The number of aromatic nitrogens is 1. The Balaban J connectivity index is 1.75. The Labute approximate surface area is 150 Å². The van der Waals surface area contributed by atoms with Crippen LogP contribution in [-0.2, 0) is 12.7 Å². The second-order valence-electron chi connectivity index (χ2n) is 5.58. The molecule has 26 heavy (non-hydrogen) atoms. The van der Waals surface area contributed by atoms with Gasteiger partial charge in [0.1, 0.15) is 11.3 Å². The van der Waals surface area contributed by atoms with Crippen LogP contribution < -0.4 is 11.1 Å². The van der Waals surface area contributed by atoms with E-state index in [2.05, 4.69) is 10.5 Å². The zero-order valence-corrected chi connectivity index (χ0v) is 14.4. The summed E-state index contributed by atoms with van der Waals surface area (Å²) < 4.78 is 42.7. The number of hydrogen-bond donors (Lipinski definition) is 2. The summed E-state index contributed by atoms with van der Waals surface area (Å²) in [5.41, 5.74) is 6.90. The van der Waals surface area contributed by atoms with Crippen molar-refractivity contribution < 1.29 is 22.5 Å². The van der Waals surface area contributed by atoms with Crippen LogP contribution >= 0.6 is 11.3 Å². The molecule has 2 heterocycles. The molecule has 1 amide bonds. The predicted octanol–water partition coefficient (Wildman–Crippen LogP) is 4.24. The Morgan fingerprint density at radius 1 is 1.27 bits per heavy atom. The average Bonchev–Trinajstić information content (AvgIpc) is 3.17. The van der Waals surface area contributed by atoms with Crippen molar-refractivity contribution in [3.63, 3.8) is 0 Å². The minimum atomic E-state index is -4.40. The lowest BCUT2D eigenvalue weighted by Gasteiger charge is -2.09. The SMILES string of the molecule is Cc1ccsc1-c1noc(N)c1C(=O)NCc1ccc(C(F)(F)F)cc1. The summed E-state index contributed by atoms with van der Waals surface area (Å²) in [7, 11) is 0. The van der Waals surface area contributed by atoms with E-state index >= 15 is 0 Å². The summed E-state index contributed by atoms with van der Waals surface area (Å²) in [6.07, 6.45) is -4.40. The summed E-state index contributed by atoms with van der Waals surface area (Å²) in [4.78, 5) is 13.3. The number of benzene rings is 1. The molecule has 9 heteroatoms. The fourth-order valence-corrected chi connectivity index (χ4v) is 3.29. The molecule has 0 saturated heterocycles. The molecule has 0 atom stereocenters. The third-order valence-corrected chi connectivity index (χ3v) is 4.78. The lowest BCUT2D eigenvalue weighted by Crippen LogP contribution is -2.24. The first kappa shape index (κ1) is 18.0. The highest BCUT2D eigenvalue weighted by atomic mass is 32.1. The van der Waals surface area contributed by atoms with Crippen LogP contribution in [0.2, 0.25) is 0 Å². The zero-order valence-electron chi connectivity index (χ0n) is 13.6. The van der Waals surface area contributed by atoms with Gasteiger partial charge in [-0.1, -0.05) is 17.3 Å². The normalized spacial score (nSPS) is 11.5. The second kappa shape index (κ2) is 6.83. The van der Waals surface area contributed by atoms with E-state index in [4.69, 9.17) is 10.3 Å². The Morgan fingerprint density at radius 3 is 2.54 bits per heavy atom. The lowest BCUT2D eigenvalue weighted by atomic mass is 10.1. The molecule has 2 aromatic heterocycles. The number of carbonyl (C=O) groups excluding carboxylic acids is 1. The molecule has 0 unspecified atom stereocenters. The first-order valence-corrected chi connectivity index (χ1v) is 8.39. The molecule has 0 bridgehead atoms. The van der Waals surface area contributed by atoms with Gasteiger partial charge in [-0.2, -0.15) is 13.2 Å². The highest BCUT2D eigenvalue weighted by Crippen LogP contribution is 2.33. The molecule has 5 nitrogen and oxygen atoms in total. The van der Waals surface area contributed by atoms with Crippen molar-refractivity contribution in [3.8, 4) is 10.6 Å². The van der Waals surface area contributed by atoms with Gasteiger partial charge in [0.25, 0.3) is 5.91 Å². The average molecular weight is 381 g/mol. The van der Waals surface area contributed by atoms with E-state index in [-0.39, 0.29) is 18.0 Å². The van der Waals surface area contributed by atoms with Gasteiger partial charge >= 0.3 is 6.18 Å². The molecule has 3 aromatic rings. The van der Waals surface area contributed by atoms with Gasteiger partial charge in [-0.15, -0.1) is 11.3 Å². The van der Waals surface area contributed by atoms with Crippen LogP contribution in [0.1, 0.15) is 27.0 Å². The largest absolute Gasteiger partial charge is 0.416 e. The van der Waals surface area contributed by atoms with Crippen LogP contribution in [-0.4, -0.2) is 11.1 Å². The topological polar surface area (TPSA) is 81.2 Å². The highest BCUT2D eigenvalue weighted by molar-refractivity contribution is 7.13. The highest BCUT2D eigenvalue weighted by Gasteiger charge is 2.30. The first-order valence-electron chi connectivity index (χ1n) is 7.51. The van der Waals surface area contributed by atoms with E-state index in [1.165, 1.54) is 23.5 Å². The van der Waals surface area contributed by atoms with Crippen LogP contribution in [0.15, 0.2) is 40.2 Å². The van der Waals surface area contributed by atoms with E-state index in [1.54, 1.807) is 0 Å². The van der Waals surface area contributed by atoms with Gasteiger partial charge in [-0.25, -0.2) is 0 Å². The fraction of sp³-hybridized carbons (Fsp3) is 0.176. The van der Waals surface area contributed by atoms with E-state index in [9.17, 15) is 18.0 Å². The molecule has 0 aliphatic rings. The van der Waals surface area contributed by atoms with Crippen LogP contribution in [0.4, 0.5) is 19.1 Å². The van der Waals surface area contributed by atoms with Crippen molar-refractivity contribution in [3.05, 3.63) is 58.0 Å². The van der Waals surface area contributed by atoms with Crippen molar-refractivity contribution in [2.24, 2.45) is 0 Å². The fourth-order valence-electron chi connectivity index (χ4n) is 2.37. The van der Waals surface area contributed by atoms with Crippen LogP contribution in [0.25, 0.3) is 10.6 Å². The van der Waals surface area contributed by atoms with Gasteiger partial charge < -0.3 is 15.6 Å². The summed E-state index contributed by atoms with van der Waals surface area (Å²) in [6, 6.07) is 6.44. The smallest absolute Gasteiger partial charge is 0.367 e. The number of aryl methyl sites for hydroxylation is 1. The molecule has 0 fully saturated rings. The van der Waals surface area contributed by atoms with E-state index in [0.29, 0.717) is 11.3 Å². The molecule has 0 aliphatic carbocycles. The lowest BCUT2D eigenvalue weighted by molar-refractivity contribution is -0.137. The number of amides is 1. The summed E-state index contributed by atoms with van der Waals surface area (Å²) in [5, 5.41) is 8.35. The molecule has 3 rings (SSSR count). The van der Waals surface area contributed by atoms with Crippen molar-refractivity contribution in [1.29, 1.82) is 0 Å².